The molecular weight excluding hydrogens is 490 g/mol. The van der Waals surface area contributed by atoms with E-state index in [1.54, 1.807) is 6.33 Å². The minimum absolute atomic E-state index is 0.0855. The summed E-state index contributed by atoms with van der Waals surface area (Å²) in [6, 6.07) is 7.89. The van der Waals surface area contributed by atoms with Crippen LogP contribution < -0.4 is 0 Å². The molecular formula is C27H36BrN5O. The predicted octanol–water partition coefficient (Wildman–Crippen LogP) is 4.54. The Balaban J connectivity index is 1.22. The summed E-state index contributed by atoms with van der Waals surface area (Å²) in [6.07, 6.45) is 5.97. The lowest BCUT2D eigenvalue weighted by molar-refractivity contribution is -0.0298. The molecule has 34 heavy (non-hydrogen) atoms. The van der Waals surface area contributed by atoms with Gasteiger partial charge in [0.15, 0.2) is 0 Å². The predicted molar refractivity (Wildman–Crippen MR) is 138 cm³/mol. The number of aromatic nitrogens is 2. The highest BCUT2D eigenvalue weighted by Gasteiger charge is 2.42. The molecule has 0 saturated carbocycles. The summed E-state index contributed by atoms with van der Waals surface area (Å²) in [4.78, 5) is 29.2. The quantitative estimate of drug-likeness (QED) is 0.588. The van der Waals surface area contributed by atoms with E-state index < -0.39 is 0 Å². The smallest absolute Gasteiger partial charge is 0.257 e. The minimum atomic E-state index is 0.0855. The molecule has 1 aliphatic carbocycles. The average molecular weight is 527 g/mol. The first-order valence-electron chi connectivity index (χ1n) is 12.6. The Hall–Kier alpha value is -1.83. The van der Waals surface area contributed by atoms with E-state index in [9.17, 15) is 4.79 Å². The molecule has 2 saturated heterocycles. The number of rotatable bonds is 3. The lowest BCUT2D eigenvalue weighted by Gasteiger charge is -2.52. The molecule has 182 valence electrons. The Morgan fingerprint density at radius 1 is 1.09 bits per heavy atom. The van der Waals surface area contributed by atoms with Gasteiger partial charge in [0.1, 0.15) is 6.33 Å². The third-order valence-corrected chi connectivity index (χ3v) is 9.06. The maximum absolute atomic E-state index is 13.2. The van der Waals surface area contributed by atoms with Crippen molar-refractivity contribution in [3.63, 3.8) is 0 Å². The summed E-state index contributed by atoms with van der Waals surface area (Å²) >= 11 is 3.63. The van der Waals surface area contributed by atoms with Gasteiger partial charge in [0.05, 0.1) is 17.0 Å². The van der Waals surface area contributed by atoms with Gasteiger partial charge in [-0.1, -0.05) is 22.0 Å². The van der Waals surface area contributed by atoms with E-state index >= 15 is 0 Å². The molecule has 1 aromatic carbocycles. The maximum atomic E-state index is 13.2. The number of piperazine rings is 1. The monoisotopic (exact) mass is 525 g/mol. The van der Waals surface area contributed by atoms with Crippen molar-refractivity contribution in [2.24, 2.45) is 0 Å². The number of benzene rings is 1. The standard InChI is InChI=1S/C27H36BrN5O/c1-18-16-32(13-14-33(18)24-8-5-21-15-22(28)6-7-23(21)24)27(4)9-11-31(12-10-27)26(34)25-19(2)29-17-30-20(25)3/h6-7,15,17-18,24H,5,8-14,16H2,1-4H3. The Morgan fingerprint density at radius 2 is 1.79 bits per heavy atom. The fourth-order valence-electron chi connectivity index (χ4n) is 6.40. The largest absolute Gasteiger partial charge is 0.338 e. The van der Waals surface area contributed by atoms with Gasteiger partial charge < -0.3 is 4.90 Å². The van der Waals surface area contributed by atoms with Gasteiger partial charge in [0.25, 0.3) is 5.91 Å². The van der Waals surface area contributed by atoms with Gasteiger partial charge in [0.2, 0.25) is 0 Å². The summed E-state index contributed by atoms with van der Waals surface area (Å²) in [5, 5.41) is 0. The number of carbonyl (C=O) groups excluding carboxylic acids is 1. The van der Waals surface area contributed by atoms with Crippen LogP contribution in [0.25, 0.3) is 0 Å². The second-order valence-corrected chi connectivity index (χ2v) is 11.6. The van der Waals surface area contributed by atoms with Crippen molar-refractivity contribution >= 4 is 21.8 Å². The van der Waals surface area contributed by atoms with Crippen molar-refractivity contribution in [2.75, 3.05) is 32.7 Å². The Labute approximate surface area is 211 Å². The van der Waals surface area contributed by atoms with E-state index in [2.05, 4.69) is 67.7 Å². The molecule has 0 bridgehead atoms. The van der Waals surface area contributed by atoms with Crippen LogP contribution in [0.2, 0.25) is 0 Å². The van der Waals surface area contributed by atoms with Crippen LogP contribution in [-0.2, 0) is 6.42 Å². The van der Waals surface area contributed by atoms with Gasteiger partial charge in [-0.05, 0) is 76.6 Å². The van der Waals surface area contributed by atoms with Crippen molar-refractivity contribution in [2.45, 2.75) is 71.0 Å². The van der Waals surface area contributed by atoms with Gasteiger partial charge in [0, 0.05) is 54.8 Å². The number of carbonyl (C=O) groups is 1. The second kappa shape index (κ2) is 9.32. The normalized spacial score (nSPS) is 25.4. The van der Waals surface area contributed by atoms with Gasteiger partial charge in [-0.3, -0.25) is 14.6 Å². The molecule has 2 aliphatic heterocycles. The van der Waals surface area contributed by atoms with Gasteiger partial charge in [-0.2, -0.15) is 0 Å². The molecule has 2 unspecified atom stereocenters. The first-order valence-corrected chi connectivity index (χ1v) is 13.4. The highest BCUT2D eigenvalue weighted by Crippen LogP contribution is 2.40. The first-order chi connectivity index (χ1) is 16.3. The fraction of sp³-hybridized carbons (Fsp3) is 0.593. The van der Waals surface area contributed by atoms with Crippen LogP contribution in [0.1, 0.15) is 72.0 Å². The Kier molecular flexibility index (Phi) is 6.55. The average Bonchev–Trinajstić information content (AvgIpc) is 3.22. The Morgan fingerprint density at radius 3 is 2.47 bits per heavy atom. The zero-order valence-corrected chi connectivity index (χ0v) is 22.4. The molecule has 1 amide bonds. The molecule has 2 atom stereocenters. The molecule has 0 N–H and O–H groups in total. The number of fused-ring (bicyclic) bond motifs is 1. The molecule has 1 aromatic heterocycles. The van der Waals surface area contributed by atoms with Crippen LogP contribution in [-0.4, -0.2) is 74.9 Å². The van der Waals surface area contributed by atoms with E-state index in [0.29, 0.717) is 17.6 Å². The fourth-order valence-corrected chi connectivity index (χ4v) is 6.81. The third kappa shape index (κ3) is 4.31. The third-order valence-electron chi connectivity index (χ3n) is 8.56. The van der Waals surface area contributed by atoms with E-state index in [4.69, 9.17) is 0 Å². The second-order valence-electron chi connectivity index (χ2n) is 10.6. The summed E-state index contributed by atoms with van der Waals surface area (Å²) in [7, 11) is 0. The van der Waals surface area contributed by atoms with Crippen LogP contribution in [0.5, 0.6) is 0 Å². The van der Waals surface area contributed by atoms with Crippen molar-refractivity contribution < 1.29 is 4.79 Å². The van der Waals surface area contributed by atoms with Gasteiger partial charge in [-0.15, -0.1) is 0 Å². The van der Waals surface area contributed by atoms with Gasteiger partial charge in [-0.25, -0.2) is 9.97 Å². The highest BCUT2D eigenvalue weighted by molar-refractivity contribution is 9.10. The zero-order chi connectivity index (χ0) is 24.0. The van der Waals surface area contributed by atoms with E-state index in [1.807, 2.05) is 18.7 Å². The maximum Gasteiger partial charge on any atom is 0.257 e. The molecule has 5 rings (SSSR count). The van der Waals surface area contributed by atoms with Gasteiger partial charge >= 0.3 is 0 Å². The van der Waals surface area contributed by atoms with Crippen LogP contribution in [0.3, 0.4) is 0 Å². The summed E-state index contributed by atoms with van der Waals surface area (Å²) in [5.41, 5.74) is 5.40. The molecule has 2 aromatic rings. The SMILES string of the molecule is Cc1ncnc(C)c1C(=O)N1CCC(C)(N2CCN(C3CCc4cc(Br)ccc43)C(C)C2)CC1. The van der Waals surface area contributed by atoms with E-state index in [0.717, 1.165) is 57.0 Å². The van der Waals surface area contributed by atoms with Crippen molar-refractivity contribution in [3.05, 3.63) is 57.1 Å². The molecule has 0 spiro atoms. The number of aryl methyl sites for hydroxylation is 3. The topological polar surface area (TPSA) is 52.6 Å². The molecule has 3 heterocycles. The van der Waals surface area contributed by atoms with Crippen molar-refractivity contribution in [3.8, 4) is 0 Å². The van der Waals surface area contributed by atoms with Crippen LogP contribution in [0.4, 0.5) is 0 Å². The van der Waals surface area contributed by atoms with Crippen LogP contribution in [0.15, 0.2) is 29.0 Å². The number of amides is 1. The number of halogens is 1. The lowest BCUT2D eigenvalue weighted by Crippen LogP contribution is -2.62. The van der Waals surface area contributed by atoms with Crippen LogP contribution >= 0.6 is 15.9 Å². The summed E-state index contributed by atoms with van der Waals surface area (Å²) < 4.78 is 1.19. The van der Waals surface area contributed by atoms with Crippen molar-refractivity contribution in [1.82, 2.24) is 24.7 Å². The zero-order valence-electron chi connectivity index (χ0n) is 20.9. The highest BCUT2D eigenvalue weighted by atomic mass is 79.9. The molecule has 6 nitrogen and oxygen atoms in total. The lowest BCUT2D eigenvalue weighted by atomic mass is 9.86. The summed E-state index contributed by atoms with van der Waals surface area (Å²) in [6.45, 7) is 13.5. The Bertz CT molecular complexity index is 1060. The van der Waals surface area contributed by atoms with Crippen LogP contribution in [0, 0.1) is 13.8 Å². The molecule has 7 heteroatoms. The molecule has 3 aliphatic rings. The van der Waals surface area contributed by atoms with E-state index in [-0.39, 0.29) is 11.4 Å². The number of hydrogen-bond acceptors (Lipinski definition) is 5. The summed E-state index contributed by atoms with van der Waals surface area (Å²) in [5.74, 6) is 0.0855. The number of hydrogen-bond donors (Lipinski definition) is 0. The first kappa shape index (κ1) is 23.9. The van der Waals surface area contributed by atoms with Crippen molar-refractivity contribution in [1.29, 1.82) is 0 Å². The number of nitrogens with zero attached hydrogens (tertiary/aromatic N) is 5. The number of likely N-dealkylation sites (tertiary alicyclic amines) is 1. The number of piperidine rings is 1. The van der Waals surface area contributed by atoms with E-state index in [1.165, 1.54) is 28.4 Å². The molecule has 2 fully saturated rings. The molecule has 0 radical (unpaired) electrons. The minimum Gasteiger partial charge on any atom is -0.338 e.